The number of carbonyl (C=O) groups excluding carboxylic acids is 4. The summed E-state index contributed by atoms with van der Waals surface area (Å²) in [6.07, 6.45) is 3.42. The van der Waals surface area contributed by atoms with Gasteiger partial charge in [-0.3, -0.25) is 19.2 Å². The van der Waals surface area contributed by atoms with E-state index in [1.165, 1.54) is 11.8 Å². The Labute approximate surface area is 247 Å². The molecule has 0 saturated heterocycles. The van der Waals surface area contributed by atoms with Crippen molar-refractivity contribution in [3.63, 3.8) is 0 Å². The lowest BCUT2D eigenvalue weighted by atomic mass is 10.0. The summed E-state index contributed by atoms with van der Waals surface area (Å²) in [5.41, 5.74) is 13.9. The molecular weight excluding hydrogens is 560 g/mol. The van der Waals surface area contributed by atoms with E-state index in [0.29, 0.717) is 11.3 Å². The molecule has 13 heteroatoms. The average Bonchev–Trinajstić information content (AvgIpc) is 3.37. The summed E-state index contributed by atoms with van der Waals surface area (Å²) in [6, 6.07) is 11.5. The number of para-hydroxylation sites is 1. The summed E-state index contributed by atoms with van der Waals surface area (Å²) in [5, 5.41) is 18.1. The first-order valence-corrected chi connectivity index (χ1v) is 14.7. The molecule has 224 valence electrons. The number of carbonyl (C=O) groups is 5. The SMILES string of the molecule is CSCCC(NC(=O)C(CC(N)=O)NC(=O)C(N)Cc1c[nH]c2ccccc12)C(=O)NC(Cc1ccccc1)C(=O)O. The molecule has 0 aliphatic heterocycles. The highest BCUT2D eigenvalue weighted by Gasteiger charge is 2.31. The Morgan fingerprint density at radius 1 is 0.857 bits per heavy atom. The van der Waals surface area contributed by atoms with Crippen molar-refractivity contribution in [3.8, 4) is 0 Å². The first-order valence-electron chi connectivity index (χ1n) is 13.3. The van der Waals surface area contributed by atoms with E-state index in [1.54, 1.807) is 36.5 Å². The Balaban J connectivity index is 1.69. The number of carboxylic acids is 1. The number of thioether (sulfide) groups is 1. The molecule has 4 amide bonds. The third kappa shape index (κ3) is 9.35. The number of rotatable bonds is 16. The monoisotopic (exact) mass is 596 g/mol. The van der Waals surface area contributed by atoms with E-state index in [1.807, 2.05) is 30.5 Å². The lowest BCUT2D eigenvalue weighted by Gasteiger charge is -2.25. The molecule has 0 saturated carbocycles. The van der Waals surface area contributed by atoms with Crippen LogP contribution in [-0.2, 0) is 36.8 Å². The molecule has 0 fully saturated rings. The third-order valence-corrected chi connectivity index (χ3v) is 7.27. The molecule has 9 N–H and O–H groups in total. The second kappa shape index (κ2) is 15.6. The third-order valence-electron chi connectivity index (χ3n) is 6.63. The van der Waals surface area contributed by atoms with Crippen LogP contribution in [0.2, 0.25) is 0 Å². The van der Waals surface area contributed by atoms with Gasteiger partial charge in [0.15, 0.2) is 0 Å². The molecule has 3 rings (SSSR count). The number of hydrogen-bond acceptors (Lipinski definition) is 7. The smallest absolute Gasteiger partial charge is 0.326 e. The van der Waals surface area contributed by atoms with Crippen molar-refractivity contribution >= 4 is 52.3 Å². The largest absolute Gasteiger partial charge is 0.480 e. The number of aromatic amines is 1. The minimum atomic E-state index is -1.40. The fraction of sp³-hybridized carbons (Fsp3) is 0.345. The summed E-state index contributed by atoms with van der Waals surface area (Å²) in [4.78, 5) is 66.1. The normalized spacial score (nSPS) is 13.9. The maximum atomic E-state index is 13.2. The van der Waals surface area contributed by atoms with E-state index in [-0.39, 0.29) is 19.3 Å². The Kier molecular flexibility index (Phi) is 11.9. The van der Waals surface area contributed by atoms with Gasteiger partial charge in [0.25, 0.3) is 0 Å². The van der Waals surface area contributed by atoms with Crippen LogP contribution in [0, 0.1) is 0 Å². The van der Waals surface area contributed by atoms with E-state index in [0.717, 1.165) is 16.5 Å². The fourth-order valence-electron chi connectivity index (χ4n) is 4.42. The van der Waals surface area contributed by atoms with Crippen molar-refractivity contribution in [2.75, 3.05) is 12.0 Å². The molecule has 1 heterocycles. The number of hydrogen-bond donors (Lipinski definition) is 7. The van der Waals surface area contributed by atoms with Gasteiger partial charge >= 0.3 is 5.97 Å². The Morgan fingerprint density at radius 3 is 2.14 bits per heavy atom. The predicted octanol–water partition coefficient (Wildman–Crippen LogP) is 0.448. The number of carboxylic acid groups (broad SMARTS) is 1. The quantitative estimate of drug-likeness (QED) is 0.123. The van der Waals surface area contributed by atoms with Crippen LogP contribution in [0.15, 0.2) is 60.8 Å². The van der Waals surface area contributed by atoms with Crippen molar-refractivity contribution in [1.82, 2.24) is 20.9 Å². The van der Waals surface area contributed by atoms with Gasteiger partial charge < -0.3 is 37.5 Å². The Bertz CT molecular complexity index is 1400. The van der Waals surface area contributed by atoms with Gasteiger partial charge in [0.2, 0.25) is 23.6 Å². The molecule has 3 aromatic rings. The van der Waals surface area contributed by atoms with Gasteiger partial charge in [-0.05, 0) is 42.0 Å². The van der Waals surface area contributed by atoms with Crippen LogP contribution in [0.1, 0.15) is 24.0 Å². The Hall–Kier alpha value is -4.36. The lowest BCUT2D eigenvalue weighted by Crippen LogP contribution is -2.58. The van der Waals surface area contributed by atoms with E-state index < -0.39 is 60.2 Å². The minimum Gasteiger partial charge on any atom is -0.480 e. The zero-order valence-corrected chi connectivity index (χ0v) is 24.0. The topological polar surface area (TPSA) is 209 Å². The van der Waals surface area contributed by atoms with Crippen LogP contribution in [0.3, 0.4) is 0 Å². The molecule has 42 heavy (non-hydrogen) atoms. The second-order valence-electron chi connectivity index (χ2n) is 9.83. The summed E-state index contributed by atoms with van der Waals surface area (Å²) in [7, 11) is 0. The summed E-state index contributed by atoms with van der Waals surface area (Å²) in [6.45, 7) is 0. The molecule has 0 radical (unpaired) electrons. The summed E-state index contributed by atoms with van der Waals surface area (Å²) >= 11 is 1.43. The highest BCUT2D eigenvalue weighted by molar-refractivity contribution is 7.98. The number of primary amides is 1. The van der Waals surface area contributed by atoms with Gasteiger partial charge in [-0.15, -0.1) is 0 Å². The fourth-order valence-corrected chi connectivity index (χ4v) is 4.89. The number of benzene rings is 2. The van der Waals surface area contributed by atoms with Gasteiger partial charge in [0.05, 0.1) is 12.5 Å². The zero-order chi connectivity index (χ0) is 30.6. The standard InChI is InChI=1S/C29H36N6O6S/c1-42-12-11-22(27(38)35-24(29(40)41)13-17-7-3-2-4-8-17)33-28(39)23(15-25(31)36)34-26(37)20(30)14-18-16-32-21-10-6-5-9-19(18)21/h2-10,16,20,22-24,32H,11-15,30H2,1H3,(H2,31,36)(H,33,39)(H,34,37)(H,35,38)(H,40,41). The molecule has 4 unspecified atom stereocenters. The van der Waals surface area contributed by atoms with Gasteiger partial charge in [0, 0.05) is 23.5 Å². The van der Waals surface area contributed by atoms with Gasteiger partial charge in [0.1, 0.15) is 18.1 Å². The Morgan fingerprint density at radius 2 is 1.48 bits per heavy atom. The molecule has 0 bridgehead atoms. The molecule has 2 aromatic carbocycles. The zero-order valence-electron chi connectivity index (χ0n) is 23.2. The highest BCUT2D eigenvalue weighted by atomic mass is 32.2. The van der Waals surface area contributed by atoms with E-state index in [9.17, 15) is 29.1 Å². The van der Waals surface area contributed by atoms with Gasteiger partial charge in [-0.1, -0.05) is 48.5 Å². The molecule has 12 nitrogen and oxygen atoms in total. The number of aliphatic carboxylic acids is 1. The van der Waals surface area contributed by atoms with Crippen molar-refractivity contribution in [3.05, 3.63) is 71.9 Å². The van der Waals surface area contributed by atoms with Crippen LogP contribution in [-0.4, -0.2) is 75.9 Å². The predicted molar refractivity (Wildman–Crippen MR) is 160 cm³/mol. The number of aromatic nitrogens is 1. The number of H-pyrrole nitrogens is 1. The number of amides is 4. The first-order chi connectivity index (χ1) is 20.1. The molecule has 4 atom stereocenters. The molecule has 0 aliphatic carbocycles. The summed E-state index contributed by atoms with van der Waals surface area (Å²) < 4.78 is 0. The van der Waals surface area contributed by atoms with Crippen LogP contribution in [0.5, 0.6) is 0 Å². The highest BCUT2D eigenvalue weighted by Crippen LogP contribution is 2.19. The van der Waals surface area contributed by atoms with Crippen molar-refractivity contribution < 1.29 is 29.1 Å². The second-order valence-corrected chi connectivity index (χ2v) is 10.8. The van der Waals surface area contributed by atoms with Crippen LogP contribution in [0.25, 0.3) is 10.9 Å². The molecule has 1 aromatic heterocycles. The van der Waals surface area contributed by atoms with Gasteiger partial charge in [-0.2, -0.15) is 11.8 Å². The summed E-state index contributed by atoms with van der Waals surface area (Å²) in [5.74, 6) is -3.82. The maximum absolute atomic E-state index is 13.2. The van der Waals surface area contributed by atoms with Crippen molar-refractivity contribution in [2.45, 2.75) is 49.9 Å². The number of nitrogens with two attached hydrogens (primary N) is 2. The van der Waals surface area contributed by atoms with Crippen molar-refractivity contribution in [1.29, 1.82) is 0 Å². The molecule has 0 aliphatic rings. The van der Waals surface area contributed by atoms with Crippen LogP contribution in [0.4, 0.5) is 0 Å². The molecular formula is C29H36N6O6S. The first kappa shape index (κ1) is 32.2. The lowest BCUT2D eigenvalue weighted by molar-refractivity contribution is -0.142. The number of fused-ring (bicyclic) bond motifs is 1. The minimum absolute atomic E-state index is 0.0415. The van der Waals surface area contributed by atoms with Crippen LogP contribution >= 0.6 is 11.8 Å². The van der Waals surface area contributed by atoms with Crippen molar-refractivity contribution in [2.24, 2.45) is 11.5 Å². The van der Waals surface area contributed by atoms with E-state index in [2.05, 4.69) is 20.9 Å². The maximum Gasteiger partial charge on any atom is 0.326 e. The van der Waals surface area contributed by atoms with Gasteiger partial charge in [-0.25, -0.2) is 4.79 Å². The molecule has 0 spiro atoms. The van der Waals surface area contributed by atoms with E-state index in [4.69, 9.17) is 11.5 Å². The number of nitrogens with one attached hydrogen (secondary N) is 4. The average molecular weight is 597 g/mol. The van der Waals surface area contributed by atoms with Crippen LogP contribution < -0.4 is 27.4 Å². The van der Waals surface area contributed by atoms with E-state index >= 15 is 0 Å².